The maximum absolute atomic E-state index is 13.3. The summed E-state index contributed by atoms with van der Waals surface area (Å²) in [4.78, 5) is 39.7. The van der Waals surface area contributed by atoms with Crippen molar-refractivity contribution >= 4 is 29.5 Å². The normalized spacial score (nSPS) is 15.5. The molecule has 1 aliphatic heterocycles. The van der Waals surface area contributed by atoms with Crippen LogP contribution in [0, 0.1) is 5.92 Å². The second kappa shape index (κ2) is 11.4. The molecule has 2 heterocycles. The van der Waals surface area contributed by atoms with Gasteiger partial charge in [-0.05, 0) is 57.2 Å². The van der Waals surface area contributed by atoms with Crippen LogP contribution in [-0.2, 0) is 16.0 Å². The van der Waals surface area contributed by atoms with Crippen LogP contribution in [0.3, 0.4) is 0 Å². The molecule has 184 valence electrons. The minimum Gasteiger partial charge on any atom is -0.444 e. The monoisotopic (exact) mass is 489 g/mol. The average Bonchev–Trinajstić information content (AvgIpc) is 3.32. The summed E-state index contributed by atoms with van der Waals surface area (Å²) in [5, 5.41) is 12.7. The Bertz CT molecular complexity index is 964. The Hall–Kier alpha value is -3.07. The second-order valence-electron chi connectivity index (χ2n) is 9.50. The summed E-state index contributed by atoms with van der Waals surface area (Å²) in [7, 11) is 0. The van der Waals surface area contributed by atoms with Crippen molar-refractivity contribution < 1.29 is 19.1 Å². The number of hydrogen-bond donors (Lipinski definition) is 3. The molecule has 0 bridgehead atoms. The quantitative estimate of drug-likeness (QED) is 0.552. The van der Waals surface area contributed by atoms with E-state index in [1.807, 2.05) is 12.1 Å². The van der Waals surface area contributed by atoms with E-state index < -0.39 is 17.7 Å². The van der Waals surface area contributed by atoms with Crippen LogP contribution in [0.15, 0.2) is 36.7 Å². The minimum atomic E-state index is -0.756. The van der Waals surface area contributed by atoms with Gasteiger partial charge in [-0.1, -0.05) is 23.7 Å². The third kappa shape index (κ3) is 7.76. The van der Waals surface area contributed by atoms with Gasteiger partial charge in [0.2, 0.25) is 5.91 Å². The highest BCUT2D eigenvalue weighted by molar-refractivity contribution is 6.30. The molecule has 1 aliphatic rings. The molecular formula is C24H32ClN5O4. The topological polar surface area (TPSA) is 116 Å². The van der Waals surface area contributed by atoms with Crippen LogP contribution in [0.4, 0.5) is 4.79 Å². The van der Waals surface area contributed by atoms with Crippen molar-refractivity contribution in [1.29, 1.82) is 0 Å². The Morgan fingerprint density at radius 3 is 2.47 bits per heavy atom. The number of hydrogen-bond acceptors (Lipinski definition) is 5. The Balaban J connectivity index is 1.57. The van der Waals surface area contributed by atoms with Gasteiger partial charge in [0.05, 0.1) is 11.8 Å². The van der Waals surface area contributed by atoms with Gasteiger partial charge in [0, 0.05) is 37.3 Å². The third-order valence-electron chi connectivity index (χ3n) is 5.58. The predicted octanol–water partition coefficient (Wildman–Crippen LogP) is 3.17. The highest BCUT2D eigenvalue weighted by Gasteiger charge is 2.31. The van der Waals surface area contributed by atoms with Gasteiger partial charge in [-0.2, -0.15) is 5.10 Å². The number of amides is 3. The Kier molecular flexibility index (Phi) is 8.55. The van der Waals surface area contributed by atoms with Gasteiger partial charge < -0.3 is 20.3 Å². The van der Waals surface area contributed by atoms with Crippen LogP contribution in [0.25, 0.3) is 0 Å². The molecule has 1 aromatic carbocycles. The zero-order chi connectivity index (χ0) is 24.7. The van der Waals surface area contributed by atoms with E-state index >= 15 is 0 Å². The van der Waals surface area contributed by atoms with Gasteiger partial charge in [-0.3, -0.25) is 14.7 Å². The molecule has 9 nitrogen and oxygen atoms in total. The molecule has 1 unspecified atom stereocenters. The van der Waals surface area contributed by atoms with Gasteiger partial charge in [0.25, 0.3) is 5.91 Å². The number of nitrogens with zero attached hydrogens (tertiary/aromatic N) is 2. The van der Waals surface area contributed by atoms with Crippen LogP contribution in [-0.4, -0.2) is 64.3 Å². The van der Waals surface area contributed by atoms with E-state index in [-0.39, 0.29) is 17.7 Å². The first kappa shape index (κ1) is 25.6. The largest absolute Gasteiger partial charge is 0.444 e. The van der Waals surface area contributed by atoms with Crippen molar-refractivity contribution in [3.8, 4) is 0 Å². The lowest BCUT2D eigenvalue weighted by atomic mass is 9.95. The van der Waals surface area contributed by atoms with Crippen molar-refractivity contribution in [2.24, 2.45) is 5.92 Å². The van der Waals surface area contributed by atoms with E-state index in [1.165, 1.54) is 6.20 Å². The first-order valence-electron chi connectivity index (χ1n) is 11.4. The van der Waals surface area contributed by atoms with E-state index in [9.17, 15) is 14.4 Å². The van der Waals surface area contributed by atoms with E-state index in [0.717, 1.165) is 18.4 Å². The number of carbonyl (C=O) groups excluding carboxylic acids is 3. The SMILES string of the molecule is CC(C)(C)OC(=O)NC(Cc1ccc(Cl)cc1)C(=O)N1CCC(CNC(=O)c2cn[nH]c2)CC1. The van der Waals surface area contributed by atoms with Gasteiger partial charge >= 0.3 is 6.09 Å². The van der Waals surface area contributed by atoms with E-state index in [1.54, 1.807) is 44.0 Å². The number of halogens is 1. The first-order chi connectivity index (χ1) is 16.1. The van der Waals surface area contributed by atoms with Crippen molar-refractivity contribution in [3.63, 3.8) is 0 Å². The number of aromatic amines is 1. The molecule has 0 spiro atoms. The first-order valence-corrected chi connectivity index (χ1v) is 11.8. The van der Waals surface area contributed by atoms with E-state index in [2.05, 4.69) is 20.8 Å². The Labute approximate surface area is 204 Å². The lowest BCUT2D eigenvalue weighted by Crippen LogP contribution is -2.53. The van der Waals surface area contributed by atoms with Crippen molar-refractivity contribution in [3.05, 3.63) is 52.8 Å². The number of aromatic nitrogens is 2. The molecular weight excluding hydrogens is 458 g/mol. The third-order valence-corrected chi connectivity index (χ3v) is 5.83. The lowest BCUT2D eigenvalue weighted by molar-refractivity contribution is -0.134. The highest BCUT2D eigenvalue weighted by Crippen LogP contribution is 2.19. The van der Waals surface area contributed by atoms with Crippen LogP contribution >= 0.6 is 11.6 Å². The molecule has 1 fully saturated rings. The number of carbonyl (C=O) groups is 3. The van der Waals surface area contributed by atoms with Crippen molar-refractivity contribution in [2.75, 3.05) is 19.6 Å². The van der Waals surface area contributed by atoms with Crippen LogP contribution in [0.2, 0.25) is 5.02 Å². The summed E-state index contributed by atoms with van der Waals surface area (Å²) >= 11 is 5.98. The number of alkyl carbamates (subject to hydrolysis) is 1. The summed E-state index contributed by atoms with van der Waals surface area (Å²) in [5.74, 6) is -0.0491. The fourth-order valence-electron chi connectivity index (χ4n) is 3.80. The maximum Gasteiger partial charge on any atom is 0.408 e. The van der Waals surface area contributed by atoms with Gasteiger partial charge in [0.15, 0.2) is 0 Å². The Morgan fingerprint density at radius 2 is 1.88 bits per heavy atom. The number of ether oxygens (including phenoxy) is 1. The predicted molar refractivity (Wildman–Crippen MR) is 129 cm³/mol. The molecule has 0 radical (unpaired) electrons. The van der Waals surface area contributed by atoms with Crippen molar-refractivity contribution in [2.45, 2.75) is 51.7 Å². The summed E-state index contributed by atoms with van der Waals surface area (Å²) in [6.45, 7) is 6.98. The van der Waals surface area contributed by atoms with Crippen LogP contribution in [0.5, 0.6) is 0 Å². The number of piperidine rings is 1. The lowest BCUT2D eigenvalue weighted by Gasteiger charge is -2.34. The Morgan fingerprint density at radius 1 is 1.21 bits per heavy atom. The van der Waals surface area contributed by atoms with Gasteiger partial charge in [0.1, 0.15) is 11.6 Å². The summed E-state index contributed by atoms with van der Waals surface area (Å²) < 4.78 is 5.38. The highest BCUT2D eigenvalue weighted by atomic mass is 35.5. The zero-order valence-corrected chi connectivity index (χ0v) is 20.5. The molecule has 2 aromatic rings. The number of likely N-dealkylation sites (tertiary alicyclic amines) is 1. The molecule has 1 aromatic heterocycles. The fraction of sp³-hybridized carbons (Fsp3) is 0.500. The number of benzene rings is 1. The molecule has 0 saturated carbocycles. The number of H-pyrrole nitrogens is 1. The van der Waals surface area contributed by atoms with Gasteiger partial charge in [-0.25, -0.2) is 4.79 Å². The second-order valence-corrected chi connectivity index (χ2v) is 9.93. The van der Waals surface area contributed by atoms with Crippen molar-refractivity contribution in [1.82, 2.24) is 25.7 Å². The summed E-state index contributed by atoms with van der Waals surface area (Å²) in [5.41, 5.74) is 0.707. The van der Waals surface area contributed by atoms with Gasteiger partial charge in [-0.15, -0.1) is 0 Å². The summed E-state index contributed by atoms with van der Waals surface area (Å²) in [6.07, 6.45) is 4.26. The van der Waals surface area contributed by atoms with E-state index in [4.69, 9.17) is 16.3 Å². The molecule has 10 heteroatoms. The average molecular weight is 490 g/mol. The molecule has 3 rings (SSSR count). The standard InChI is InChI=1S/C24H32ClN5O4/c1-24(2,3)34-23(33)29-20(12-16-4-6-19(25)7-5-16)22(32)30-10-8-17(9-11-30)13-26-21(31)18-14-27-28-15-18/h4-7,14-15,17,20H,8-13H2,1-3H3,(H,26,31)(H,27,28)(H,29,33). The molecule has 34 heavy (non-hydrogen) atoms. The number of rotatable bonds is 7. The van der Waals surface area contributed by atoms with Crippen LogP contribution < -0.4 is 10.6 Å². The van der Waals surface area contributed by atoms with E-state index in [0.29, 0.717) is 36.6 Å². The minimum absolute atomic E-state index is 0.151. The number of nitrogens with one attached hydrogen (secondary N) is 3. The molecule has 1 atom stereocenters. The smallest absolute Gasteiger partial charge is 0.408 e. The molecule has 1 saturated heterocycles. The molecule has 0 aliphatic carbocycles. The summed E-state index contributed by atoms with van der Waals surface area (Å²) in [6, 6.07) is 6.45. The molecule has 3 amide bonds. The van der Waals surface area contributed by atoms with Crippen LogP contribution in [0.1, 0.15) is 49.5 Å². The maximum atomic E-state index is 13.3. The fourth-order valence-corrected chi connectivity index (χ4v) is 3.92. The molecule has 3 N–H and O–H groups in total. The zero-order valence-electron chi connectivity index (χ0n) is 19.8.